The molecule has 0 aromatic heterocycles. The zero-order valence-corrected chi connectivity index (χ0v) is 21.5. The molecule has 0 bridgehead atoms. The Labute approximate surface area is 183 Å². The average molecular weight is 520 g/mol. The highest BCUT2D eigenvalue weighted by Gasteiger charge is 2.63. The Kier molecular flexibility index (Phi) is 6.82. The number of alkyl halides is 1. The molecule has 0 spiro atoms. The summed E-state index contributed by atoms with van der Waals surface area (Å²) in [6.07, 6.45) is -0.411. The minimum absolute atomic E-state index is 0.00798. The molecule has 1 fully saturated rings. The molecule has 156 valence electrons. The lowest BCUT2D eigenvalue weighted by molar-refractivity contribution is -0.384. The second kappa shape index (κ2) is 8.27. The third-order valence-corrected chi connectivity index (χ3v) is 7.68. The van der Waals surface area contributed by atoms with Gasteiger partial charge in [0.05, 0.1) is 4.92 Å². The molecule has 1 aliphatic heterocycles. The molecule has 1 aromatic rings. The van der Waals surface area contributed by atoms with Crippen LogP contribution in [0.1, 0.15) is 40.2 Å². The molecule has 28 heavy (non-hydrogen) atoms. The number of carbonyl (C=O) groups is 1. The summed E-state index contributed by atoms with van der Waals surface area (Å²) in [6, 6.07) is 6.03. The van der Waals surface area contributed by atoms with Gasteiger partial charge in [-0.25, -0.2) is 4.79 Å². The van der Waals surface area contributed by atoms with Crippen molar-refractivity contribution in [2.24, 2.45) is 16.7 Å². The van der Waals surface area contributed by atoms with Crippen molar-refractivity contribution in [3.05, 3.63) is 39.9 Å². The normalized spacial score (nSPS) is 24.4. The molecule has 0 aliphatic carbocycles. The van der Waals surface area contributed by atoms with Crippen LogP contribution in [-0.2, 0) is 15.8 Å². The lowest BCUT2D eigenvalue weighted by Gasteiger charge is -2.47. The molecular formula is C19H29IN2O5Si. The number of nitrogens with zero attached hydrogens (tertiary/aromatic N) is 2. The Balaban J connectivity index is 2.21. The van der Waals surface area contributed by atoms with E-state index < -0.39 is 16.7 Å². The molecule has 1 heterocycles. The third-order valence-electron chi connectivity index (χ3n) is 5.97. The lowest BCUT2D eigenvalue weighted by atomic mass is 9.64. The average Bonchev–Trinajstić information content (AvgIpc) is 2.87. The zero-order chi connectivity index (χ0) is 21.3. The minimum Gasteiger partial charge on any atom is -0.444 e. The Bertz CT molecular complexity index is 729. The van der Waals surface area contributed by atoms with Gasteiger partial charge in [0.1, 0.15) is 22.8 Å². The second-order valence-corrected chi connectivity index (χ2v) is 10.0. The number of likely N-dealkylation sites (tertiary alicyclic amines) is 1. The lowest BCUT2D eigenvalue weighted by Crippen LogP contribution is -2.58. The quantitative estimate of drug-likeness (QED) is 0.195. The van der Waals surface area contributed by atoms with Crippen LogP contribution in [0.3, 0.4) is 0 Å². The topological polar surface area (TPSA) is 81.9 Å². The van der Waals surface area contributed by atoms with E-state index >= 15 is 0 Å². The van der Waals surface area contributed by atoms with Crippen LogP contribution < -0.4 is 0 Å². The Hall–Kier alpha value is -1.20. The summed E-state index contributed by atoms with van der Waals surface area (Å²) in [5.41, 5.74) is -0.215. The number of hydrogen-bond donors (Lipinski definition) is 0. The highest BCUT2D eigenvalue weighted by atomic mass is 127. The number of hydrogen-bond acceptors (Lipinski definition) is 5. The van der Waals surface area contributed by atoms with Crippen LogP contribution in [0.5, 0.6) is 0 Å². The number of non-ortho nitro benzene ring substituents is 1. The van der Waals surface area contributed by atoms with Crippen molar-refractivity contribution < 1.29 is 18.9 Å². The molecule has 0 unspecified atom stereocenters. The summed E-state index contributed by atoms with van der Waals surface area (Å²) >= 11 is 2.29. The van der Waals surface area contributed by atoms with E-state index in [1.165, 1.54) is 12.1 Å². The van der Waals surface area contributed by atoms with Gasteiger partial charge < -0.3 is 9.16 Å². The molecule has 0 radical (unpaired) electrons. The fourth-order valence-corrected chi connectivity index (χ4v) is 7.55. The van der Waals surface area contributed by atoms with Gasteiger partial charge in [0.15, 0.2) is 0 Å². The van der Waals surface area contributed by atoms with Crippen molar-refractivity contribution in [3.63, 3.8) is 0 Å². The maximum atomic E-state index is 13.0. The van der Waals surface area contributed by atoms with Gasteiger partial charge >= 0.3 is 6.09 Å². The van der Waals surface area contributed by atoms with E-state index in [2.05, 4.69) is 57.2 Å². The predicted molar refractivity (Wildman–Crippen MR) is 119 cm³/mol. The molecule has 9 heteroatoms. The predicted octanol–water partition coefficient (Wildman–Crippen LogP) is 3.66. The van der Waals surface area contributed by atoms with Gasteiger partial charge in [-0.3, -0.25) is 15.0 Å². The first-order valence-electron chi connectivity index (χ1n) is 9.19. The number of carbonyl (C=O) groups excluding carboxylic acids is 1. The van der Waals surface area contributed by atoms with E-state index in [1.807, 2.05) is 0 Å². The summed E-state index contributed by atoms with van der Waals surface area (Å²) in [5.74, 6) is 0.246. The number of benzene rings is 1. The summed E-state index contributed by atoms with van der Waals surface area (Å²) in [5, 5.41) is 10.8. The van der Waals surface area contributed by atoms with Crippen molar-refractivity contribution in [2.75, 3.05) is 11.0 Å². The Morgan fingerprint density at radius 1 is 1.36 bits per heavy atom. The van der Waals surface area contributed by atoms with Gasteiger partial charge in [0.25, 0.3) is 5.69 Å². The second-order valence-electron chi connectivity index (χ2n) is 8.85. The summed E-state index contributed by atoms with van der Waals surface area (Å²) in [6.45, 7) is 11.5. The standard InChI is InChI=1S/C19H29IN2O5Si/c1-17(2,3)15-10-21(19(12-20,27-28)18(15,4)5)16(23)26-11-13-6-8-14(9-7-13)22(24)25/h6-9,15H,10-12H2,1-5,28H3/t15-,19-/m1/s1. The van der Waals surface area contributed by atoms with Crippen LogP contribution in [0, 0.1) is 26.9 Å². The Morgan fingerprint density at radius 2 is 1.93 bits per heavy atom. The summed E-state index contributed by atoms with van der Waals surface area (Å²) in [7, 11) is 0.507. The number of ether oxygens (including phenoxy) is 1. The molecule has 7 nitrogen and oxygen atoms in total. The van der Waals surface area contributed by atoms with Gasteiger partial charge in [-0.15, -0.1) is 0 Å². The van der Waals surface area contributed by atoms with Crippen molar-refractivity contribution in [3.8, 4) is 0 Å². The van der Waals surface area contributed by atoms with Gasteiger partial charge in [-0.05, 0) is 29.0 Å². The van der Waals surface area contributed by atoms with Crippen molar-refractivity contribution in [2.45, 2.75) is 47.0 Å². The van der Waals surface area contributed by atoms with Crippen LogP contribution in [-0.4, -0.2) is 43.1 Å². The monoisotopic (exact) mass is 520 g/mol. The molecule has 1 aromatic carbocycles. The van der Waals surface area contributed by atoms with E-state index in [0.717, 1.165) is 0 Å². The van der Waals surface area contributed by atoms with E-state index in [9.17, 15) is 14.9 Å². The highest BCUT2D eigenvalue weighted by Crippen LogP contribution is 2.56. The molecular weight excluding hydrogens is 491 g/mol. The van der Waals surface area contributed by atoms with Crippen LogP contribution in [0.15, 0.2) is 24.3 Å². The molecule has 1 aliphatic rings. The third kappa shape index (κ3) is 4.06. The first-order valence-corrected chi connectivity index (χ1v) is 11.5. The number of amides is 1. The van der Waals surface area contributed by atoms with Gasteiger partial charge in [-0.1, -0.05) is 57.2 Å². The van der Waals surface area contributed by atoms with Crippen molar-refractivity contribution >= 4 is 44.9 Å². The van der Waals surface area contributed by atoms with Crippen molar-refractivity contribution in [1.82, 2.24) is 4.90 Å². The van der Waals surface area contributed by atoms with Crippen LogP contribution in [0.2, 0.25) is 0 Å². The molecule has 1 saturated heterocycles. The smallest absolute Gasteiger partial charge is 0.412 e. The molecule has 0 N–H and O–H groups in total. The van der Waals surface area contributed by atoms with E-state index in [4.69, 9.17) is 9.16 Å². The van der Waals surface area contributed by atoms with E-state index in [1.54, 1.807) is 17.0 Å². The van der Waals surface area contributed by atoms with E-state index in [0.29, 0.717) is 27.0 Å². The molecule has 2 rings (SSSR count). The van der Waals surface area contributed by atoms with Crippen LogP contribution >= 0.6 is 22.6 Å². The fraction of sp³-hybridized carbons (Fsp3) is 0.632. The van der Waals surface area contributed by atoms with Gasteiger partial charge in [0.2, 0.25) is 0 Å². The summed E-state index contributed by atoms with van der Waals surface area (Å²) in [4.78, 5) is 25.1. The molecule has 2 atom stereocenters. The Morgan fingerprint density at radius 3 is 2.36 bits per heavy atom. The van der Waals surface area contributed by atoms with Gasteiger partial charge in [0, 0.05) is 28.5 Å². The maximum Gasteiger partial charge on any atom is 0.412 e. The summed E-state index contributed by atoms with van der Waals surface area (Å²) < 4.78 is 12.3. The zero-order valence-electron chi connectivity index (χ0n) is 17.3. The minimum atomic E-state index is -0.704. The maximum absolute atomic E-state index is 13.0. The molecule has 0 saturated carbocycles. The van der Waals surface area contributed by atoms with Gasteiger partial charge in [-0.2, -0.15) is 0 Å². The van der Waals surface area contributed by atoms with Crippen LogP contribution in [0.4, 0.5) is 10.5 Å². The first kappa shape index (κ1) is 23.1. The largest absolute Gasteiger partial charge is 0.444 e. The number of rotatable bonds is 5. The SMILES string of the molecule is CC(C)(C)[C@H]1CN(C(=O)OCc2ccc([N+](=O)[O-])cc2)[C@](CI)(O[SiH3])C1(C)C. The number of halogens is 1. The first-order chi connectivity index (χ1) is 12.9. The van der Waals surface area contributed by atoms with E-state index in [-0.39, 0.29) is 29.0 Å². The number of nitro groups is 1. The molecule has 1 amide bonds. The van der Waals surface area contributed by atoms with Crippen molar-refractivity contribution in [1.29, 1.82) is 0 Å². The van der Waals surface area contributed by atoms with Crippen LogP contribution in [0.25, 0.3) is 0 Å². The fourth-order valence-electron chi connectivity index (χ4n) is 4.37. The highest BCUT2D eigenvalue weighted by molar-refractivity contribution is 14.1. The number of nitro benzene ring substituents is 1.